The van der Waals surface area contributed by atoms with Crippen molar-refractivity contribution in [1.82, 2.24) is 19.4 Å². The van der Waals surface area contributed by atoms with Crippen molar-refractivity contribution in [1.29, 1.82) is 0 Å². The van der Waals surface area contributed by atoms with Gasteiger partial charge in [0.1, 0.15) is 5.76 Å². The molecule has 2 atom stereocenters. The van der Waals surface area contributed by atoms with E-state index in [0.29, 0.717) is 25.4 Å². The van der Waals surface area contributed by atoms with E-state index in [1.54, 1.807) is 29.6 Å². The molecule has 3 heterocycles. The maximum atomic E-state index is 12.6. The first-order valence-corrected chi connectivity index (χ1v) is 7.91. The monoisotopic (exact) mass is 334 g/mol. The van der Waals surface area contributed by atoms with Crippen molar-refractivity contribution < 1.29 is 19.4 Å². The fourth-order valence-corrected chi connectivity index (χ4v) is 2.99. The van der Waals surface area contributed by atoms with Gasteiger partial charge in [-0.1, -0.05) is 0 Å². The molecule has 2 aromatic rings. The summed E-state index contributed by atoms with van der Waals surface area (Å²) in [6.07, 6.45) is 4.56. The molecule has 130 valence electrons. The van der Waals surface area contributed by atoms with Gasteiger partial charge in [0.15, 0.2) is 5.76 Å². The molecule has 0 radical (unpaired) electrons. The highest BCUT2D eigenvalue weighted by Gasteiger charge is 2.37. The first kappa shape index (κ1) is 16.7. The molecule has 1 amide bonds. The third-order valence-corrected chi connectivity index (χ3v) is 4.34. The average Bonchev–Trinajstić information content (AvgIpc) is 3.28. The Morgan fingerprint density at radius 3 is 3.00 bits per heavy atom. The molecule has 24 heavy (non-hydrogen) atoms. The van der Waals surface area contributed by atoms with Crippen molar-refractivity contribution in [3.63, 3.8) is 0 Å². The highest BCUT2D eigenvalue weighted by atomic mass is 16.4. The van der Waals surface area contributed by atoms with Gasteiger partial charge in [0.25, 0.3) is 5.91 Å². The van der Waals surface area contributed by atoms with E-state index in [9.17, 15) is 9.90 Å². The molecular weight excluding hydrogens is 312 g/mol. The van der Waals surface area contributed by atoms with Crippen molar-refractivity contribution in [2.75, 3.05) is 33.3 Å². The second-order valence-electron chi connectivity index (χ2n) is 6.05. The Bertz CT molecular complexity index is 669. The second kappa shape index (κ2) is 7.16. The topological polar surface area (TPSA) is 95.0 Å². The van der Waals surface area contributed by atoms with Crippen LogP contribution in [0.15, 0.2) is 35.3 Å². The van der Waals surface area contributed by atoms with E-state index >= 15 is 0 Å². The summed E-state index contributed by atoms with van der Waals surface area (Å²) in [5.41, 5.74) is 0. The van der Waals surface area contributed by atoms with Gasteiger partial charge >= 0.3 is 0 Å². The van der Waals surface area contributed by atoms with Gasteiger partial charge < -0.3 is 24.1 Å². The number of β-amino-alcohol motifs (C(OH)–C–C–N with tert-alkyl or cyclic N) is 1. The Morgan fingerprint density at radius 2 is 2.29 bits per heavy atom. The number of furan rings is 1. The van der Waals surface area contributed by atoms with Crippen LogP contribution in [0.4, 0.5) is 0 Å². The third-order valence-electron chi connectivity index (χ3n) is 4.34. The Morgan fingerprint density at radius 1 is 1.46 bits per heavy atom. The molecule has 8 nitrogen and oxygen atoms in total. The lowest BCUT2D eigenvalue weighted by atomic mass is 10.2. The zero-order chi connectivity index (χ0) is 17.1. The van der Waals surface area contributed by atoms with Crippen LogP contribution in [-0.2, 0) is 6.54 Å². The van der Waals surface area contributed by atoms with E-state index in [2.05, 4.69) is 4.98 Å². The highest BCUT2D eigenvalue weighted by Crippen LogP contribution is 2.19. The van der Waals surface area contributed by atoms with Crippen LogP contribution in [-0.4, -0.2) is 80.9 Å². The number of likely N-dealkylation sites (N-methyl/N-ethyl adjacent to an activating group) is 1. The Hall–Kier alpha value is -2.16. The van der Waals surface area contributed by atoms with E-state index in [4.69, 9.17) is 9.52 Å². The molecule has 1 saturated heterocycles. The van der Waals surface area contributed by atoms with Crippen LogP contribution >= 0.6 is 0 Å². The molecule has 0 saturated carbocycles. The van der Waals surface area contributed by atoms with Crippen molar-refractivity contribution in [2.24, 2.45) is 0 Å². The molecule has 1 aliphatic rings. The molecule has 2 N–H and O–H groups in total. The predicted molar refractivity (Wildman–Crippen MR) is 85.5 cm³/mol. The number of amides is 1. The van der Waals surface area contributed by atoms with Gasteiger partial charge in [-0.05, 0) is 19.2 Å². The van der Waals surface area contributed by atoms with E-state index in [0.717, 1.165) is 0 Å². The van der Waals surface area contributed by atoms with Gasteiger partial charge in [0, 0.05) is 32.0 Å². The van der Waals surface area contributed by atoms with E-state index in [-0.39, 0.29) is 30.9 Å². The number of likely N-dealkylation sites (tertiary alicyclic amines) is 1. The minimum atomic E-state index is -0.633. The van der Waals surface area contributed by atoms with Crippen LogP contribution in [0.2, 0.25) is 0 Å². The number of hydrogen-bond donors (Lipinski definition) is 2. The van der Waals surface area contributed by atoms with Crippen LogP contribution in [0.5, 0.6) is 0 Å². The fraction of sp³-hybridized carbons (Fsp3) is 0.500. The number of aliphatic hydroxyl groups is 2. The van der Waals surface area contributed by atoms with Crippen molar-refractivity contribution in [2.45, 2.75) is 18.7 Å². The summed E-state index contributed by atoms with van der Waals surface area (Å²) in [6.45, 7) is 1.66. The molecule has 2 aromatic heterocycles. The first-order chi connectivity index (χ1) is 11.6. The smallest absolute Gasteiger partial charge is 0.289 e. The number of aliphatic hydroxyl groups excluding tert-OH is 2. The minimum Gasteiger partial charge on any atom is -0.454 e. The molecule has 0 aromatic carbocycles. The number of aromatic nitrogens is 2. The summed E-state index contributed by atoms with van der Waals surface area (Å²) < 4.78 is 7.49. The molecule has 1 aliphatic heterocycles. The summed E-state index contributed by atoms with van der Waals surface area (Å²) >= 11 is 0. The van der Waals surface area contributed by atoms with Gasteiger partial charge in [0.05, 0.1) is 31.6 Å². The SMILES string of the molecule is CN(CCO)[C@@H]1CN(C(=O)c2ccc(Cn3ccnc3)o2)C[C@H]1O. The Labute approximate surface area is 139 Å². The lowest BCUT2D eigenvalue weighted by Gasteiger charge is -2.25. The molecule has 0 unspecified atom stereocenters. The molecule has 3 rings (SSSR count). The van der Waals surface area contributed by atoms with E-state index in [1.165, 1.54) is 0 Å². The standard InChI is InChI=1S/C16H22N4O4/c1-18(6-7-21)13-9-20(10-14(13)22)16(23)15-3-2-12(24-15)8-19-5-4-17-11-19/h2-5,11,13-14,21-22H,6-10H2,1H3/t13-,14-/m1/s1. The van der Waals surface area contributed by atoms with E-state index < -0.39 is 6.10 Å². The normalized spacial score (nSPS) is 20.9. The molecule has 0 spiro atoms. The summed E-state index contributed by atoms with van der Waals surface area (Å²) in [5.74, 6) is 0.707. The predicted octanol–water partition coefficient (Wildman–Crippen LogP) is -0.366. The Kier molecular flexibility index (Phi) is 4.98. The molecule has 0 bridgehead atoms. The van der Waals surface area contributed by atoms with Gasteiger partial charge in [-0.25, -0.2) is 4.98 Å². The van der Waals surface area contributed by atoms with Crippen LogP contribution in [0.1, 0.15) is 16.3 Å². The minimum absolute atomic E-state index is 0.0173. The van der Waals surface area contributed by atoms with E-state index in [1.807, 2.05) is 22.7 Å². The maximum Gasteiger partial charge on any atom is 0.289 e. The van der Waals surface area contributed by atoms with Crippen LogP contribution in [0, 0.1) is 0 Å². The number of rotatable bonds is 6. The van der Waals surface area contributed by atoms with Gasteiger partial charge in [-0.15, -0.1) is 0 Å². The van der Waals surface area contributed by atoms with Gasteiger partial charge in [-0.2, -0.15) is 0 Å². The van der Waals surface area contributed by atoms with Crippen LogP contribution in [0.25, 0.3) is 0 Å². The van der Waals surface area contributed by atoms with Crippen molar-refractivity contribution >= 4 is 5.91 Å². The lowest BCUT2D eigenvalue weighted by Crippen LogP contribution is -2.42. The van der Waals surface area contributed by atoms with Crippen molar-refractivity contribution in [3.8, 4) is 0 Å². The van der Waals surface area contributed by atoms with Gasteiger partial charge in [-0.3, -0.25) is 9.69 Å². The zero-order valence-electron chi connectivity index (χ0n) is 13.6. The highest BCUT2D eigenvalue weighted by molar-refractivity contribution is 5.91. The number of carbonyl (C=O) groups excluding carboxylic acids is 1. The third kappa shape index (κ3) is 3.50. The molecule has 1 fully saturated rings. The maximum absolute atomic E-state index is 12.6. The molecule has 8 heteroatoms. The number of carbonyl (C=O) groups is 1. The fourth-order valence-electron chi connectivity index (χ4n) is 2.99. The molecular formula is C16H22N4O4. The van der Waals surface area contributed by atoms with Crippen LogP contribution in [0.3, 0.4) is 0 Å². The summed E-state index contributed by atoms with van der Waals surface area (Å²) in [4.78, 5) is 20.0. The average molecular weight is 334 g/mol. The number of nitrogens with zero attached hydrogens (tertiary/aromatic N) is 4. The Balaban J connectivity index is 1.63. The first-order valence-electron chi connectivity index (χ1n) is 7.91. The lowest BCUT2D eigenvalue weighted by molar-refractivity contribution is 0.0729. The number of hydrogen-bond acceptors (Lipinski definition) is 6. The second-order valence-corrected chi connectivity index (χ2v) is 6.05. The van der Waals surface area contributed by atoms with Crippen molar-refractivity contribution in [3.05, 3.63) is 42.4 Å². The largest absolute Gasteiger partial charge is 0.454 e. The van der Waals surface area contributed by atoms with Crippen LogP contribution < -0.4 is 0 Å². The summed E-state index contributed by atoms with van der Waals surface area (Å²) in [7, 11) is 1.83. The summed E-state index contributed by atoms with van der Waals surface area (Å²) in [6, 6.07) is 3.25. The summed E-state index contributed by atoms with van der Waals surface area (Å²) in [5, 5.41) is 19.2. The zero-order valence-corrected chi connectivity index (χ0v) is 13.6. The quantitative estimate of drug-likeness (QED) is 0.749. The number of imidazole rings is 1. The van der Waals surface area contributed by atoms with Gasteiger partial charge in [0.2, 0.25) is 0 Å². The molecule has 0 aliphatic carbocycles.